The molecule has 0 bridgehead atoms. The molecule has 0 amide bonds. The lowest BCUT2D eigenvalue weighted by Crippen LogP contribution is -2.17. The molecule has 0 aliphatic rings. The number of hydrogen-bond acceptors (Lipinski definition) is 3. The summed E-state index contributed by atoms with van der Waals surface area (Å²) < 4.78 is 19.5. The van der Waals surface area contributed by atoms with E-state index in [0.29, 0.717) is 0 Å². The van der Waals surface area contributed by atoms with Crippen molar-refractivity contribution in [2.45, 2.75) is 13.0 Å². The molecule has 0 heterocycles. The maximum atomic E-state index is 13.8. The molecule has 104 valence electrons. The molecule has 0 aromatic heterocycles. The van der Waals surface area contributed by atoms with Gasteiger partial charge >= 0.3 is 0 Å². The van der Waals surface area contributed by atoms with E-state index in [4.69, 9.17) is 15.7 Å². The largest absolute Gasteiger partial charge is 0.485 e. The van der Waals surface area contributed by atoms with Crippen LogP contribution in [0.4, 0.5) is 4.39 Å². The van der Waals surface area contributed by atoms with Crippen LogP contribution in [-0.4, -0.2) is 11.0 Å². The highest BCUT2D eigenvalue weighted by Gasteiger charge is 2.16. The molecule has 1 atom stereocenters. The van der Waals surface area contributed by atoms with Gasteiger partial charge in [0.05, 0.1) is 5.56 Å². The van der Waals surface area contributed by atoms with E-state index in [0.717, 1.165) is 5.56 Å². The quantitative estimate of drug-likeness (QED) is 0.389. The normalized spacial score (nSPS) is 13.0. The Hall–Kier alpha value is -2.56. The minimum absolute atomic E-state index is 0.0437. The Labute approximate surface area is 116 Å². The van der Waals surface area contributed by atoms with Crippen LogP contribution in [0.3, 0.4) is 0 Å². The average molecular weight is 274 g/mol. The first-order chi connectivity index (χ1) is 9.63. The minimum atomic E-state index is -0.599. The Morgan fingerprint density at radius 1 is 1.20 bits per heavy atom. The lowest BCUT2D eigenvalue weighted by atomic mass is 10.1. The zero-order valence-electron chi connectivity index (χ0n) is 11.0. The van der Waals surface area contributed by atoms with E-state index in [9.17, 15) is 4.39 Å². The van der Waals surface area contributed by atoms with Gasteiger partial charge < -0.3 is 15.7 Å². The molecular weight excluding hydrogens is 259 g/mol. The number of hydrogen-bond donors (Lipinski definition) is 2. The van der Waals surface area contributed by atoms with Crippen molar-refractivity contribution in [1.29, 1.82) is 0 Å². The zero-order chi connectivity index (χ0) is 14.5. The van der Waals surface area contributed by atoms with Gasteiger partial charge in [0.1, 0.15) is 17.7 Å². The Morgan fingerprint density at radius 3 is 2.55 bits per heavy atom. The van der Waals surface area contributed by atoms with Crippen molar-refractivity contribution in [2.75, 3.05) is 0 Å². The van der Waals surface area contributed by atoms with Crippen molar-refractivity contribution in [3.05, 3.63) is 65.5 Å². The van der Waals surface area contributed by atoms with Crippen LogP contribution in [0.2, 0.25) is 0 Å². The van der Waals surface area contributed by atoms with Crippen molar-refractivity contribution in [2.24, 2.45) is 10.9 Å². The second-order valence-corrected chi connectivity index (χ2v) is 4.27. The van der Waals surface area contributed by atoms with Crippen molar-refractivity contribution in [3.8, 4) is 5.75 Å². The summed E-state index contributed by atoms with van der Waals surface area (Å²) in [5, 5.41) is 11.6. The first-order valence-electron chi connectivity index (χ1n) is 6.11. The van der Waals surface area contributed by atoms with Gasteiger partial charge in [-0.25, -0.2) is 4.39 Å². The summed E-state index contributed by atoms with van der Waals surface area (Å²) in [6.07, 6.45) is -0.289. The number of nitrogens with two attached hydrogens (primary N) is 1. The Kier molecular flexibility index (Phi) is 4.20. The fourth-order valence-corrected chi connectivity index (χ4v) is 1.88. The lowest BCUT2D eigenvalue weighted by molar-refractivity contribution is 0.225. The molecule has 0 fully saturated rings. The number of amidine groups is 1. The summed E-state index contributed by atoms with van der Waals surface area (Å²) in [5.74, 6) is -0.687. The molecule has 2 aromatic carbocycles. The third kappa shape index (κ3) is 2.88. The summed E-state index contributed by atoms with van der Waals surface area (Å²) in [5.41, 5.74) is 6.39. The van der Waals surface area contributed by atoms with Crippen molar-refractivity contribution < 1.29 is 14.3 Å². The SMILES string of the molecule is CC(Oc1cccc(F)c1C(N)=NO)c1ccccc1. The average Bonchev–Trinajstić information content (AvgIpc) is 2.47. The monoisotopic (exact) mass is 274 g/mol. The number of rotatable bonds is 4. The highest BCUT2D eigenvalue weighted by Crippen LogP contribution is 2.26. The molecule has 0 radical (unpaired) electrons. The van der Waals surface area contributed by atoms with Crippen molar-refractivity contribution in [1.82, 2.24) is 0 Å². The zero-order valence-corrected chi connectivity index (χ0v) is 11.0. The number of ether oxygens (including phenoxy) is 1. The summed E-state index contributed by atoms with van der Waals surface area (Å²) in [6.45, 7) is 1.84. The van der Waals surface area contributed by atoms with Crippen LogP contribution < -0.4 is 10.5 Å². The van der Waals surface area contributed by atoms with E-state index in [-0.39, 0.29) is 23.3 Å². The van der Waals surface area contributed by atoms with Gasteiger partial charge in [0.2, 0.25) is 0 Å². The van der Waals surface area contributed by atoms with Gasteiger partial charge in [0, 0.05) is 0 Å². The molecule has 0 aliphatic carbocycles. The fraction of sp³-hybridized carbons (Fsp3) is 0.133. The number of oxime groups is 1. The highest BCUT2D eigenvalue weighted by molar-refractivity contribution is 5.99. The van der Waals surface area contributed by atoms with Crippen LogP contribution in [0.15, 0.2) is 53.7 Å². The molecular formula is C15H15FN2O2. The second-order valence-electron chi connectivity index (χ2n) is 4.27. The Bertz CT molecular complexity index is 615. The molecule has 20 heavy (non-hydrogen) atoms. The highest BCUT2D eigenvalue weighted by atomic mass is 19.1. The maximum absolute atomic E-state index is 13.8. The van der Waals surface area contributed by atoms with Crippen LogP contribution in [0.1, 0.15) is 24.2 Å². The number of nitrogens with zero attached hydrogens (tertiary/aromatic N) is 1. The van der Waals surface area contributed by atoms with E-state index in [1.54, 1.807) is 6.07 Å². The van der Waals surface area contributed by atoms with Crippen LogP contribution in [-0.2, 0) is 0 Å². The smallest absolute Gasteiger partial charge is 0.176 e. The Morgan fingerprint density at radius 2 is 1.90 bits per heavy atom. The number of benzene rings is 2. The maximum Gasteiger partial charge on any atom is 0.176 e. The first-order valence-corrected chi connectivity index (χ1v) is 6.11. The van der Waals surface area contributed by atoms with Gasteiger partial charge in [0.25, 0.3) is 0 Å². The third-order valence-electron chi connectivity index (χ3n) is 2.91. The van der Waals surface area contributed by atoms with Crippen LogP contribution >= 0.6 is 0 Å². The van der Waals surface area contributed by atoms with E-state index < -0.39 is 5.82 Å². The molecule has 2 rings (SSSR count). The molecule has 0 spiro atoms. The van der Waals surface area contributed by atoms with Gasteiger partial charge in [-0.3, -0.25) is 0 Å². The summed E-state index contributed by atoms with van der Waals surface area (Å²) >= 11 is 0. The first kappa shape index (κ1) is 13.9. The predicted molar refractivity (Wildman–Crippen MR) is 74.4 cm³/mol. The molecule has 2 aromatic rings. The van der Waals surface area contributed by atoms with Gasteiger partial charge in [-0.05, 0) is 24.6 Å². The standard InChI is InChI=1S/C15H15FN2O2/c1-10(11-6-3-2-4-7-11)20-13-9-5-8-12(16)14(13)15(17)18-19/h2-10,19H,1H3,(H2,17,18). The van der Waals surface area contributed by atoms with E-state index in [2.05, 4.69) is 5.16 Å². The van der Waals surface area contributed by atoms with Gasteiger partial charge in [0.15, 0.2) is 5.84 Å². The molecule has 4 nitrogen and oxygen atoms in total. The second kappa shape index (κ2) is 6.06. The third-order valence-corrected chi connectivity index (χ3v) is 2.91. The van der Waals surface area contributed by atoms with Crippen molar-refractivity contribution in [3.63, 3.8) is 0 Å². The molecule has 1 unspecified atom stereocenters. The van der Waals surface area contributed by atoms with Gasteiger partial charge in [-0.15, -0.1) is 0 Å². The van der Waals surface area contributed by atoms with Gasteiger partial charge in [-0.1, -0.05) is 41.6 Å². The minimum Gasteiger partial charge on any atom is -0.485 e. The van der Waals surface area contributed by atoms with E-state index in [1.807, 2.05) is 37.3 Å². The van der Waals surface area contributed by atoms with Crippen molar-refractivity contribution >= 4 is 5.84 Å². The Balaban J connectivity index is 2.32. The van der Waals surface area contributed by atoms with Gasteiger partial charge in [-0.2, -0.15) is 0 Å². The summed E-state index contributed by atoms with van der Waals surface area (Å²) in [7, 11) is 0. The predicted octanol–water partition coefficient (Wildman–Crippen LogP) is 3.06. The van der Waals surface area contributed by atoms with Crippen LogP contribution in [0.25, 0.3) is 0 Å². The summed E-state index contributed by atoms with van der Waals surface area (Å²) in [6, 6.07) is 13.8. The topological polar surface area (TPSA) is 67.8 Å². The lowest BCUT2D eigenvalue weighted by Gasteiger charge is -2.17. The fourth-order valence-electron chi connectivity index (χ4n) is 1.88. The number of halogens is 1. The van der Waals surface area contributed by atoms with E-state index >= 15 is 0 Å². The molecule has 0 saturated heterocycles. The molecule has 3 N–H and O–H groups in total. The van der Waals surface area contributed by atoms with Crippen LogP contribution in [0.5, 0.6) is 5.75 Å². The van der Waals surface area contributed by atoms with Crippen LogP contribution in [0, 0.1) is 5.82 Å². The molecule has 0 saturated carbocycles. The molecule has 0 aliphatic heterocycles. The summed E-state index contributed by atoms with van der Waals surface area (Å²) in [4.78, 5) is 0. The van der Waals surface area contributed by atoms with E-state index in [1.165, 1.54) is 12.1 Å². The molecule has 5 heteroatoms.